The van der Waals surface area contributed by atoms with Crippen LogP contribution < -0.4 is 5.56 Å². The number of carbonyl (C=O) groups is 1. The van der Waals surface area contributed by atoms with Gasteiger partial charge >= 0.3 is 0 Å². The molecule has 3 aromatic rings. The normalized spacial score (nSPS) is 12.3. The quantitative estimate of drug-likeness (QED) is 0.744. The minimum absolute atomic E-state index is 0.220. The van der Waals surface area contributed by atoms with Crippen LogP contribution in [0, 0.1) is 0 Å². The number of aryl methyl sites for hydroxylation is 1. The number of hydrogen-bond donors (Lipinski definition) is 0. The Morgan fingerprint density at radius 1 is 1.26 bits per heavy atom. The van der Waals surface area contributed by atoms with Crippen LogP contribution in [0.2, 0.25) is 0 Å². The summed E-state index contributed by atoms with van der Waals surface area (Å²) >= 11 is 0. The molecule has 1 amide bonds. The summed E-state index contributed by atoms with van der Waals surface area (Å²) in [4.78, 5) is 25.5. The Kier molecular flexibility index (Phi) is 3.73. The second kappa shape index (κ2) is 5.72. The van der Waals surface area contributed by atoms with Crippen molar-refractivity contribution in [3.05, 3.63) is 64.3 Å². The molecule has 2 heterocycles. The Hall–Kier alpha value is -2.89. The fraction of sp³-hybridized carbons (Fsp3) is 0.235. The van der Waals surface area contributed by atoms with E-state index >= 15 is 0 Å². The van der Waals surface area contributed by atoms with Crippen LogP contribution in [0.1, 0.15) is 29.2 Å². The molecule has 0 N–H and O–H groups in total. The number of carbonyl (C=O) groups excluding carboxylic acids is 1. The monoisotopic (exact) mass is 311 g/mol. The van der Waals surface area contributed by atoms with Crippen molar-refractivity contribution in [3.63, 3.8) is 0 Å². The number of fused-ring (bicyclic) bond motifs is 1. The van der Waals surface area contributed by atoms with Gasteiger partial charge in [-0.2, -0.15) is 5.10 Å². The maximum atomic E-state index is 12.5. The molecule has 1 atom stereocenters. The van der Waals surface area contributed by atoms with Gasteiger partial charge in [0.1, 0.15) is 17.0 Å². The predicted octanol–water partition coefficient (Wildman–Crippen LogP) is 2.36. The van der Waals surface area contributed by atoms with Gasteiger partial charge in [-0.1, -0.05) is 18.2 Å². The molecule has 0 spiro atoms. The van der Waals surface area contributed by atoms with Crippen molar-refractivity contribution >= 4 is 16.9 Å². The minimum atomic E-state index is -0.270. The van der Waals surface area contributed by atoms with Crippen molar-refractivity contribution in [3.8, 4) is 0 Å². The molecule has 0 radical (unpaired) electrons. The van der Waals surface area contributed by atoms with Crippen LogP contribution in [0.5, 0.6) is 0 Å². The highest BCUT2D eigenvalue weighted by atomic mass is 16.3. The molecule has 0 fully saturated rings. The average molecular weight is 311 g/mol. The van der Waals surface area contributed by atoms with Gasteiger partial charge in [-0.15, -0.1) is 0 Å². The van der Waals surface area contributed by atoms with Gasteiger partial charge in [-0.3, -0.25) is 9.59 Å². The first-order valence-electron chi connectivity index (χ1n) is 7.27. The number of amides is 1. The topological polar surface area (TPSA) is 68.3 Å². The van der Waals surface area contributed by atoms with E-state index in [2.05, 4.69) is 5.10 Å². The molecule has 23 heavy (non-hydrogen) atoms. The maximum absolute atomic E-state index is 12.5. The van der Waals surface area contributed by atoms with Crippen molar-refractivity contribution in [2.75, 3.05) is 7.05 Å². The summed E-state index contributed by atoms with van der Waals surface area (Å²) in [5, 5.41) is 4.99. The maximum Gasteiger partial charge on any atom is 0.274 e. The lowest BCUT2D eigenvalue weighted by atomic mass is 10.2. The second-order valence-corrected chi connectivity index (χ2v) is 5.46. The van der Waals surface area contributed by atoms with Gasteiger partial charge in [-0.05, 0) is 25.1 Å². The van der Waals surface area contributed by atoms with Crippen LogP contribution in [0.3, 0.4) is 0 Å². The molecular weight excluding hydrogens is 294 g/mol. The molecule has 0 aliphatic carbocycles. The van der Waals surface area contributed by atoms with Crippen LogP contribution in [0.15, 0.2) is 51.7 Å². The number of furan rings is 1. The van der Waals surface area contributed by atoms with Crippen LogP contribution in [0.25, 0.3) is 11.0 Å². The Labute approximate surface area is 132 Å². The standard InChI is InChI=1S/C17H17N3O3/c1-11(15-10-12-6-4-5-7-14(12)23-15)19(2)17(22)13-8-9-16(21)20(3)18-13/h4-11H,1-3H3. The molecule has 3 rings (SSSR count). The van der Waals surface area contributed by atoms with E-state index in [9.17, 15) is 9.59 Å². The fourth-order valence-electron chi connectivity index (χ4n) is 2.37. The zero-order valence-corrected chi connectivity index (χ0v) is 13.2. The van der Waals surface area contributed by atoms with Gasteiger partial charge in [-0.25, -0.2) is 4.68 Å². The van der Waals surface area contributed by atoms with Crippen molar-refractivity contribution < 1.29 is 9.21 Å². The molecule has 6 nitrogen and oxygen atoms in total. The highest BCUT2D eigenvalue weighted by molar-refractivity contribution is 5.92. The average Bonchev–Trinajstić information content (AvgIpc) is 2.99. The first kappa shape index (κ1) is 15.0. The van der Waals surface area contributed by atoms with Gasteiger partial charge in [0.2, 0.25) is 0 Å². The number of aromatic nitrogens is 2. The lowest BCUT2D eigenvalue weighted by Gasteiger charge is -2.22. The summed E-state index contributed by atoms with van der Waals surface area (Å²) in [6.07, 6.45) is 0. The van der Waals surface area contributed by atoms with E-state index in [1.54, 1.807) is 11.9 Å². The zero-order chi connectivity index (χ0) is 16.6. The number of para-hydroxylation sites is 1. The van der Waals surface area contributed by atoms with E-state index in [4.69, 9.17) is 4.42 Å². The third kappa shape index (κ3) is 2.75. The largest absolute Gasteiger partial charge is 0.459 e. The van der Waals surface area contributed by atoms with Gasteiger partial charge in [0.25, 0.3) is 11.5 Å². The van der Waals surface area contributed by atoms with E-state index in [-0.39, 0.29) is 23.2 Å². The summed E-state index contributed by atoms with van der Waals surface area (Å²) in [6, 6.07) is 12.1. The van der Waals surface area contributed by atoms with Crippen LogP contribution in [-0.4, -0.2) is 27.6 Å². The van der Waals surface area contributed by atoms with Crippen molar-refractivity contribution in [1.29, 1.82) is 0 Å². The van der Waals surface area contributed by atoms with Crippen molar-refractivity contribution in [1.82, 2.24) is 14.7 Å². The highest BCUT2D eigenvalue weighted by Gasteiger charge is 2.23. The summed E-state index contributed by atoms with van der Waals surface area (Å²) in [5.41, 5.74) is 0.752. The highest BCUT2D eigenvalue weighted by Crippen LogP contribution is 2.27. The molecule has 0 saturated carbocycles. The van der Waals surface area contributed by atoms with Gasteiger partial charge < -0.3 is 9.32 Å². The van der Waals surface area contributed by atoms with E-state index in [1.807, 2.05) is 37.3 Å². The van der Waals surface area contributed by atoms with Crippen molar-refractivity contribution in [2.45, 2.75) is 13.0 Å². The van der Waals surface area contributed by atoms with E-state index in [0.717, 1.165) is 15.7 Å². The first-order valence-corrected chi connectivity index (χ1v) is 7.27. The molecule has 0 saturated heterocycles. The number of nitrogens with zero attached hydrogens (tertiary/aromatic N) is 3. The SMILES string of the molecule is CC(c1cc2ccccc2o1)N(C)C(=O)c1ccc(=O)n(C)n1. The van der Waals surface area contributed by atoms with E-state index in [1.165, 1.54) is 19.2 Å². The molecule has 6 heteroatoms. The minimum Gasteiger partial charge on any atom is -0.459 e. The Bertz CT molecular complexity index is 893. The van der Waals surface area contributed by atoms with E-state index in [0.29, 0.717) is 5.76 Å². The summed E-state index contributed by atoms with van der Waals surface area (Å²) < 4.78 is 6.96. The molecule has 0 aliphatic rings. The third-order valence-electron chi connectivity index (χ3n) is 3.94. The lowest BCUT2D eigenvalue weighted by Crippen LogP contribution is -2.32. The van der Waals surface area contributed by atoms with Crippen molar-refractivity contribution in [2.24, 2.45) is 7.05 Å². The lowest BCUT2D eigenvalue weighted by molar-refractivity contribution is 0.0719. The molecule has 0 aliphatic heterocycles. The van der Waals surface area contributed by atoms with Gasteiger partial charge in [0.15, 0.2) is 0 Å². The van der Waals surface area contributed by atoms with Crippen LogP contribution in [-0.2, 0) is 7.05 Å². The zero-order valence-electron chi connectivity index (χ0n) is 13.2. The van der Waals surface area contributed by atoms with Gasteiger partial charge in [0, 0.05) is 25.5 Å². The Morgan fingerprint density at radius 3 is 2.70 bits per heavy atom. The van der Waals surface area contributed by atoms with Gasteiger partial charge in [0.05, 0.1) is 6.04 Å². The fourth-order valence-corrected chi connectivity index (χ4v) is 2.37. The molecule has 118 valence electrons. The molecule has 0 bridgehead atoms. The summed E-state index contributed by atoms with van der Waals surface area (Å²) in [5.74, 6) is 0.431. The molecule has 1 aromatic carbocycles. The van der Waals surface area contributed by atoms with E-state index < -0.39 is 0 Å². The number of rotatable bonds is 3. The first-order chi connectivity index (χ1) is 11.0. The second-order valence-electron chi connectivity index (χ2n) is 5.46. The Morgan fingerprint density at radius 2 is 2.00 bits per heavy atom. The molecule has 2 aromatic heterocycles. The molecular formula is C17H17N3O3. The number of hydrogen-bond acceptors (Lipinski definition) is 4. The molecule has 1 unspecified atom stereocenters. The van der Waals surface area contributed by atoms with Crippen LogP contribution >= 0.6 is 0 Å². The smallest absolute Gasteiger partial charge is 0.274 e. The predicted molar refractivity (Wildman–Crippen MR) is 86.2 cm³/mol. The summed E-state index contributed by atoms with van der Waals surface area (Å²) in [7, 11) is 3.20. The van der Waals surface area contributed by atoms with Crippen LogP contribution in [0.4, 0.5) is 0 Å². The number of benzene rings is 1. The Balaban J connectivity index is 1.88. The third-order valence-corrected chi connectivity index (χ3v) is 3.94. The summed E-state index contributed by atoms with van der Waals surface area (Å²) in [6.45, 7) is 1.89.